The van der Waals surface area contributed by atoms with Crippen molar-refractivity contribution in [2.75, 3.05) is 0 Å². The number of hydrogen-bond acceptors (Lipinski definition) is 6. The van der Waals surface area contributed by atoms with Gasteiger partial charge in [-0.3, -0.25) is 4.79 Å². The Labute approximate surface area is 181 Å². The lowest BCUT2D eigenvalue weighted by Crippen LogP contribution is -2.33. The van der Waals surface area contributed by atoms with E-state index in [1.807, 2.05) is 13.0 Å². The molecule has 0 radical (unpaired) electrons. The molecule has 3 atom stereocenters. The van der Waals surface area contributed by atoms with E-state index in [0.29, 0.717) is 29.7 Å². The van der Waals surface area contributed by atoms with E-state index in [2.05, 4.69) is 6.58 Å². The zero-order valence-electron chi connectivity index (χ0n) is 17.6. The Morgan fingerprint density at radius 2 is 1.97 bits per heavy atom. The van der Waals surface area contributed by atoms with Crippen LogP contribution in [0.15, 0.2) is 48.6 Å². The molecule has 31 heavy (non-hydrogen) atoms. The summed E-state index contributed by atoms with van der Waals surface area (Å²) in [4.78, 5) is 12.8. The molecule has 6 heteroatoms. The molecule has 0 aliphatic carbocycles. The molecule has 0 amide bonds. The van der Waals surface area contributed by atoms with E-state index in [4.69, 9.17) is 9.47 Å². The zero-order chi connectivity index (χ0) is 22.3. The molecule has 2 aliphatic heterocycles. The van der Waals surface area contributed by atoms with Gasteiger partial charge in [0.25, 0.3) is 0 Å². The summed E-state index contributed by atoms with van der Waals surface area (Å²) in [7, 11) is 0. The van der Waals surface area contributed by atoms with Gasteiger partial charge in [0.1, 0.15) is 40.3 Å². The molecule has 162 valence electrons. The minimum atomic E-state index is -0.681. The third-order valence-corrected chi connectivity index (χ3v) is 5.88. The van der Waals surface area contributed by atoms with Crippen LogP contribution in [0.1, 0.15) is 60.7 Å². The van der Waals surface area contributed by atoms with Crippen molar-refractivity contribution in [2.45, 2.75) is 50.9 Å². The minimum absolute atomic E-state index is 0.0885. The van der Waals surface area contributed by atoms with Gasteiger partial charge in [-0.1, -0.05) is 24.3 Å². The van der Waals surface area contributed by atoms with E-state index in [1.54, 1.807) is 43.3 Å². The Morgan fingerprint density at radius 1 is 1.26 bits per heavy atom. The maximum absolute atomic E-state index is 12.8. The fraction of sp³-hybridized carbons (Fsp3) is 0.320. The first-order valence-corrected chi connectivity index (χ1v) is 10.3. The maximum atomic E-state index is 12.8. The highest BCUT2D eigenvalue weighted by Crippen LogP contribution is 2.48. The van der Waals surface area contributed by atoms with Gasteiger partial charge in [-0.15, -0.1) is 0 Å². The summed E-state index contributed by atoms with van der Waals surface area (Å²) in [5.41, 5.74) is 1.37. The van der Waals surface area contributed by atoms with Crippen molar-refractivity contribution in [1.82, 2.24) is 0 Å². The first-order valence-electron chi connectivity index (χ1n) is 10.3. The topological polar surface area (TPSA) is 96.2 Å². The van der Waals surface area contributed by atoms with E-state index in [-0.39, 0.29) is 35.0 Å². The molecule has 0 bridgehead atoms. The molecule has 2 aliphatic rings. The van der Waals surface area contributed by atoms with E-state index >= 15 is 0 Å². The molecule has 6 nitrogen and oxygen atoms in total. The predicted molar refractivity (Wildman–Crippen MR) is 117 cm³/mol. The molecule has 2 aromatic carbocycles. The second kappa shape index (κ2) is 7.78. The summed E-state index contributed by atoms with van der Waals surface area (Å²) in [5, 5.41) is 30.4. The lowest BCUT2D eigenvalue weighted by molar-refractivity contribution is 0.0835. The standard InChI is InChI=1S/C25H26O6/c1-14(2)18(27)9-11-25(3)10-8-17-21(31-25)13-22-23(24(17)29)19(28)12-20(30-22)15-4-6-16(26)7-5-15/h4-8,10,13,18,20,26-27,29H,1,9,11-12H2,2-3H3. The Bertz CT molecular complexity index is 1070. The summed E-state index contributed by atoms with van der Waals surface area (Å²) in [6.07, 6.45) is 3.57. The van der Waals surface area contributed by atoms with Crippen molar-refractivity contribution in [2.24, 2.45) is 0 Å². The smallest absolute Gasteiger partial charge is 0.174 e. The Hall–Kier alpha value is -3.25. The number of benzene rings is 2. The summed E-state index contributed by atoms with van der Waals surface area (Å²) in [5.74, 6) is 0.456. The molecule has 0 spiro atoms. The third kappa shape index (κ3) is 4.03. The molecule has 0 saturated heterocycles. The first kappa shape index (κ1) is 21.0. The largest absolute Gasteiger partial charge is 0.508 e. The lowest BCUT2D eigenvalue weighted by Gasteiger charge is -2.34. The number of ether oxygens (including phenoxy) is 2. The molecule has 0 saturated carbocycles. The second-order valence-electron chi connectivity index (χ2n) is 8.48. The molecule has 2 heterocycles. The van der Waals surface area contributed by atoms with Crippen LogP contribution in [0.4, 0.5) is 0 Å². The molecular formula is C25H26O6. The minimum Gasteiger partial charge on any atom is -0.508 e. The number of aromatic hydroxyl groups is 2. The highest BCUT2D eigenvalue weighted by molar-refractivity contribution is 6.04. The number of phenols is 2. The van der Waals surface area contributed by atoms with Gasteiger partial charge in [0, 0.05) is 6.07 Å². The van der Waals surface area contributed by atoms with Crippen molar-refractivity contribution in [3.8, 4) is 23.0 Å². The number of aliphatic hydroxyl groups is 1. The Kier molecular flexibility index (Phi) is 5.27. The number of rotatable bonds is 5. The average molecular weight is 422 g/mol. The Morgan fingerprint density at radius 3 is 2.65 bits per heavy atom. The average Bonchev–Trinajstić information content (AvgIpc) is 2.72. The van der Waals surface area contributed by atoms with Crippen molar-refractivity contribution in [1.29, 1.82) is 0 Å². The molecule has 3 N–H and O–H groups in total. The summed E-state index contributed by atoms with van der Waals surface area (Å²) in [6.45, 7) is 7.46. The maximum Gasteiger partial charge on any atom is 0.174 e. The van der Waals surface area contributed by atoms with Crippen molar-refractivity contribution in [3.63, 3.8) is 0 Å². The molecule has 0 fully saturated rings. The highest BCUT2D eigenvalue weighted by atomic mass is 16.5. The SMILES string of the molecule is C=C(C)C(O)CCC1(C)C=Cc2c(cc3c(c2O)C(=O)CC(c2ccc(O)cc2)O3)O1. The van der Waals surface area contributed by atoms with Crippen LogP contribution in [0.25, 0.3) is 6.08 Å². The van der Waals surface area contributed by atoms with E-state index < -0.39 is 17.8 Å². The number of carbonyl (C=O) groups is 1. The van der Waals surface area contributed by atoms with Gasteiger partial charge in [-0.25, -0.2) is 0 Å². The summed E-state index contributed by atoms with van der Waals surface area (Å²) in [6, 6.07) is 8.15. The van der Waals surface area contributed by atoms with Crippen LogP contribution in [0.2, 0.25) is 0 Å². The van der Waals surface area contributed by atoms with Gasteiger partial charge < -0.3 is 24.8 Å². The van der Waals surface area contributed by atoms with Gasteiger partial charge in [-0.2, -0.15) is 0 Å². The fourth-order valence-electron chi connectivity index (χ4n) is 3.93. The van der Waals surface area contributed by atoms with Crippen LogP contribution in [-0.2, 0) is 0 Å². The monoisotopic (exact) mass is 422 g/mol. The number of carbonyl (C=O) groups excluding carboxylic acids is 1. The number of ketones is 1. The van der Waals surface area contributed by atoms with Gasteiger partial charge in [0.05, 0.1) is 18.1 Å². The number of fused-ring (bicyclic) bond motifs is 2. The molecule has 0 aromatic heterocycles. The van der Waals surface area contributed by atoms with Crippen LogP contribution < -0.4 is 9.47 Å². The van der Waals surface area contributed by atoms with Crippen LogP contribution >= 0.6 is 0 Å². The Balaban J connectivity index is 1.63. The molecule has 4 rings (SSSR count). The first-order chi connectivity index (χ1) is 14.7. The van der Waals surface area contributed by atoms with Crippen molar-refractivity contribution < 1.29 is 29.6 Å². The molecular weight excluding hydrogens is 396 g/mol. The van der Waals surface area contributed by atoms with Crippen LogP contribution in [0.3, 0.4) is 0 Å². The number of hydrogen-bond donors (Lipinski definition) is 3. The molecule has 3 unspecified atom stereocenters. The van der Waals surface area contributed by atoms with Crippen molar-refractivity contribution in [3.05, 3.63) is 65.3 Å². The number of aliphatic hydroxyl groups excluding tert-OH is 1. The van der Waals surface area contributed by atoms with Gasteiger partial charge in [-0.05, 0) is 56.5 Å². The van der Waals surface area contributed by atoms with Crippen molar-refractivity contribution >= 4 is 11.9 Å². The zero-order valence-corrected chi connectivity index (χ0v) is 17.6. The lowest BCUT2D eigenvalue weighted by atomic mass is 9.89. The van der Waals surface area contributed by atoms with E-state index in [9.17, 15) is 20.1 Å². The highest BCUT2D eigenvalue weighted by Gasteiger charge is 2.36. The summed E-state index contributed by atoms with van der Waals surface area (Å²) < 4.78 is 12.2. The molecule has 2 aromatic rings. The van der Waals surface area contributed by atoms with E-state index in [1.165, 1.54) is 0 Å². The number of phenolic OH excluding ortho intramolecular Hbond substituents is 2. The fourth-order valence-corrected chi connectivity index (χ4v) is 3.93. The van der Waals surface area contributed by atoms with Crippen LogP contribution in [0, 0.1) is 0 Å². The second-order valence-corrected chi connectivity index (χ2v) is 8.48. The number of Topliss-reactive ketones (excluding diaryl/α,β-unsaturated/α-hetero) is 1. The van der Waals surface area contributed by atoms with Gasteiger partial charge >= 0.3 is 0 Å². The third-order valence-electron chi connectivity index (χ3n) is 5.88. The summed E-state index contributed by atoms with van der Waals surface area (Å²) >= 11 is 0. The van der Waals surface area contributed by atoms with Crippen LogP contribution in [0.5, 0.6) is 23.0 Å². The van der Waals surface area contributed by atoms with Gasteiger partial charge in [0.15, 0.2) is 5.78 Å². The van der Waals surface area contributed by atoms with Crippen LogP contribution in [-0.4, -0.2) is 32.8 Å². The normalized spacial score (nSPS) is 22.7. The van der Waals surface area contributed by atoms with Gasteiger partial charge in [0.2, 0.25) is 0 Å². The predicted octanol–water partition coefficient (Wildman–Crippen LogP) is 4.69. The van der Waals surface area contributed by atoms with E-state index in [0.717, 1.165) is 5.56 Å². The quantitative estimate of drug-likeness (QED) is 0.605.